The number of hydrogen-bond acceptors (Lipinski definition) is 4. The van der Waals surface area contributed by atoms with E-state index in [1.807, 2.05) is 13.8 Å². The van der Waals surface area contributed by atoms with Gasteiger partial charge in [-0.05, 0) is 66.0 Å². The van der Waals surface area contributed by atoms with Crippen molar-refractivity contribution in [1.82, 2.24) is 0 Å². The first kappa shape index (κ1) is 17.4. The van der Waals surface area contributed by atoms with Crippen LogP contribution in [-0.4, -0.2) is 28.1 Å². The molecule has 4 nitrogen and oxygen atoms in total. The van der Waals surface area contributed by atoms with Gasteiger partial charge in [0.1, 0.15) is 0 Å². The second-order valence-corrected chi connectivity index (χ2v) is 15.4. The van der Waals surface area contributed by atoms with E-state index in [-0.39, 0.29) is 0 Å². The number of rotatable bonds is 7. The standard InChI is InChI=1S/C12H28N2O2Si2/c1-11(13-15-17(3,4)5)9-10-12(2)14-16-18(6,7)8/h9-10H2,1-8H3/b13-11+,14-12+. The number of oxime groups is 2. The lowest BCUT2D eigenvalue weighted by Gasteiger charge is -2.14. The molecule has 0 amide bonds. The zero-order chi connectivity index (χ0) is 14.4. The molecule has 0 saturated heterocycles. The zero-order valence-corrected chi connectivity index (χ0v) is 15.1. The van der Waals surface area contributed by atoms with Gasteiger partial charge in [0.05, 0.1) is 11.4 Å². The maximum absolute atomic E-state index is 5.50. The Hall–Kier alpha value is -0.626. The van der Waals surface area contributed by atoms with Crippen LogP contribution in [0.2, 0.25) is 39.3 Å². The van der Waals surface area contributed by atoms with Crippen LogP contribution in [0.5, 0.6) is 0 Å². The molecule has 0 aliphatic heterocycles. The highest BCUT2D eigenvalue weighted by atomic mass is 28.4. The van der Waals surface area contributed by atoms with Crippen LogP contribution in [0.3, 0.4) is 0 Å². The van der Waals surface area contributed by atoms with Crippen molar-refractivity contribution in [2.24, 2.45) is 10.3 Å². The normalized spacial score (nSPS) is 14.7. The van der Waals surface area contributed by atoms with Crippen molar-refractivity contribution < 1.29 is 9.05 Å². The highest BCUT2D eigenvalue weighted by Gasteiger charge is 2.16. The highest BCUT2D eigenvalue weighted by molar-refractivity contribution is 6.70. The summed E-state index contributed by atoms with van der Waals surface area (Å²) < 4.78 is 11.0. The van der Waals surface area contributed by atoms with Crippen molar-refractivity contribution in [3.8, 4) is 0 Å². The first-order valence-corrected chi connectivity index (χ1v) is 13.2. The predicted octanol–water partition coefficient (Wildman–Crippen LogP) is 4.22. The first-order valence-electron chi connectivity index (χ1n) is 6.43. The zero-order valence-electron chi connectivity index (χ0n) is 13.1. The van der Waals surface area contributed by atoms with Crippen LogP contribution in [0.4, 0.5) is 0 Å². The minimum Gasteiger partial charge on any atom is -0.456 e. The Morgan fingerprint density at radius 3 is 1.22 bits per heavy atom. The summed E-state index contributed by atoms with van der Waals surface area (Å²) in [4.78, 5) is 0. The van der Waals surface area contributed by atoms with Crippen LogP contribution < -0.4 is 0 Å². The van der Waals surface area contributed by atoms with Crippen LogP contribution >= 0.6 is 0 Å². The molecule has 0 fully saturated rings. The molecule has 0 radical (unpaired) electrons. The van der Waals surface area contributed by atoms with E-state index in [1.165, 1.54) is 0 Å². The molecule has 0 aliphatic carbocycles. The fraction of sp³-hybridized carbons (Fsp3) is 0.833. The molecule has 0 aliphatic rings. The predicted molar refractivity (Wildman–Crippen MR) is 84.3 cm³/mol. The van der Waals surface area contributed by atoms with E-state index in [1.54, 1.807) is 0 Å². The van der Waals surface area contributed by atoms with E-state index in [2.05, 4.69) is 49.6 Å². The molecule has 0 heterocycles. The molecule has 0 aromatic rings. The van der Waals surface area contributed by atoms with Gasteiger partial charge in [-0.3, -0.25) is 0 Å². The second-order valence-electron chi connectivity index (χ2n) is 6.56. The van der Waals surface area contributed by atoms with E-state index in [0.717, 1.165) is 24.3 Å². The Morgan fingerprint density at radius 2 is 1.00 bits per heavy atom. The molecule has 0 aromatic carbocycles. The van der Waals surface area contributed by atoms with E-state index in [0.29, 0.717) is 0 Å². The van der Waals surface area contributed by atoms with Gasteiger partial charge in [0.2, 0.25) is 0 Å². The molecular formula is C12H28N2O2Si2. The van der Waals surface area contributed by atoms with E-state index in [4.69, 9.17) is 9.05 Å². The summed E-state index contributed by atoms with van der Waals surface area (Å²) in [5, 5.41) is 8.34. The molecule has 106 valence electrons. The van der Waals surface area contributed by atoms with Crippen molar-refractivity contribution >= 4 is 28.1 Å². The maximum atomic E-state index is 5.50. The van der Waals surface area contributed by atoms with Crippen molar-refractivity contribution in [1.29, 1.82) is 0 Å². The third kappa shape index (κ3) is 11.8. The van der Waals surface area contributed by atoms with Crippen LogP contribution in [0.15, 0.2) is 10.3 Å². The van der Waals surface area contributed by atoms with Crippen molar-refractivity contribution in [2.75, 3.05) is 0 Å². The fourth-order valence-corrected chi connectivity index (χ4v) is 1.74. The second kappa shape index (κ2) is 7.08. The smallest absolute Gasteiger partial charge is 0.278 e. The summed E-state index contributed by atoms with van der Waals surface area (Å²) in [7, 11) is -3.11. The molecule has 0 aromatic heterocycles. The molecule has 0 unspecified atom stereocenters. The van der Waals surface area contributed by atoms with Crippen molar-refractivity contribution in [3.05, 3.63) is 0 Å². The Balaban J connectivity index is 4.09. The lowest BCUT2D eigenvalue weighted by atomic mass is 10.2. The van der Waals surface area contributed by atoms with Gasteiger partial charge >= 0.3 is 0 Å². The quantitative estimate of drug-likeness (QED) is 0.400. The average molecular weight is 289 g/mol. The summed E-state index contributed by atoms with van der Waals surface area (Å²) in [6.07, 6.45) is 1.74. The van der Waals surface area contributed by atoms with Gasteiger partial charge in [0.25, 0.3) is 16.6 Å². The third-order valence-electron chi connectivity index (χ3n) is 1.80. The molecule has 0 spiro atoms. The van der Waals surface area contributed by atoms with Gasteiger partial charge in [0.15, 0.2) is 0 Å². The maximum Gasteiger partial charge on any atom is 0.278 e. The molecule has 18 heavy (non-hydrogen) atoms. The van der Waals surface area contributed by atoms with Gasteiger partial charge in [-0.1, -0.05) is 0 Å². The summed E-state index contributed by atoms with van der Waals surface area (Å²) in [5.74, 6) is 0. The lowest BCUT2D eigenvalue weighted by Crippen LogP contribution is -2.23. The SMILES string of the molecule is C/C(CC/C(C)=N/O[Si](C)(C)C)=N\O[Si](C)(C)C. The average Bonchev–Trinajstić information content (AvgIpc) is 2.18. The van der Waals surface area contributed by atoms with E-state index < -0.39 is 16.6 Å². The van der Waals surface area contributed by atoms with Crippen molar-refractivity contribution in [3.63, 3.8) is 0 Å². The van der Waals surface area contributed by atoms with Gasteiger partial charge < -0.3 is 9.05 Å². The van der Waals surface area contributed by atoms with Crippen LogP contribution in [0.25, 0.3) is 0 Å². The minimum atomic E-state index is -1.55. The molecule has 0 atom stereocenters. The molecule has 0 bridgehead atoms. The Labute approximate surface area is 114 Å². The van der Waals surface area contributed by atoms with Gasteiger partial charge in [-0.25, -0.2) is 0 Å². The van der Waals surface area contributed by atoms with E-state index >= 15 is 0 Å². The molecule has 6 heteroatoms. The van der Waals surface area contributed by atoms with Crippen LogP contribution in [0.1, 0.15) is 26.7 Å². The minimum absolute atomic E-state index is 0.870. The van der Waals surface area contributed by atoms with Gasteiger partial charge in [-0.2, -0.15) is 0 Å². The topological polar surface area (TPSA) is 43.2 Å². The third-order valence-corrected chi connectivity index (χ3v) is 3.08. The summed E-state index contributed by atoms with van der Waals surface area (Å²) >= 11 is 0. The molecular weight excluding hydrogens is 260 g/mol. The van der Waals surface area contributed by atoms with Gasteiger partial charge in [0, 0.05) is 0 Å². The Bertz CT molecular complexity index is 283. The largest absolute Gasteiger partial charge is 0.456 e. The lowest BCUT2D eigenvalue weighted by molar-refractivity contribution is 0.331. The summed E-state index contributed by atoms with van der Waals surface area (Å²) in [6, 6.07) is 0. The Kier molecular flexibility index (Phi) is 6.84. The van der Waals surface area contributed by atoms with Gasteiger partial charge in [-0.15, -0.1) is 10.3 Å². The van der Waals surface area contributed by atoms with E-state index in [9.17, 15) is 0 Å². The fourth-order valence-electron chi connectivity index (χ4n) is 0.883. The number of hydrogen-bond donors (Lipinski definition) is 0. The van der Waals surface area contributed by atoms with Crippen LogP contribution in [0, 0.1) is 0 Å². The monoisotopic (exact) mass is 288 g/mol. The Morgan fingerprint density at radius 1 is 0.722 bits per heavy atom. The highest BCUT2D eigenvalue weighted by Crippen LogP contribution is 2.06. The summed E-state index contributed by atoms with van der Waals surface area (Å²) in [5.41, 5.74) is 2.03. The molecule has 0 rings (SSSR count). The first-order chi connectivity index (χ1) is 7.99. The molecule has 0 N–H and O–H groups in total. The van der Waals surface area contributed by atoms with Crippen LogP contribution in [-0.2, 0) is 9.05 Å². The number of nitrogens with zero attached hydrogens (tertiary/aromatic N) is 2. The summed E-state index contributed by atoms with van der Waals surface area (Å²) in [6.45, 7) is 16.7. The molecule has 0 saturated carbocycles. The van der Waals surface area contributed by atoms with Crippen molar-refractivity contribution in [2.45, 2.75) is 66.0 Å².